The lowest BCUT2D eigenvalue weighted by molar-refractivity contribution is 0.469. The van der Waals surface area contributed by atoms with Crippen LogP contribution in [0.5, 0.6) is 5.75 Å². The average Bonchev–Trinajstić information content (AvgIpc) is 2.39. The molecule has 0 spiro atoms. The smallest absolute Gasteiger partial charge is 0.223 e. The van der Waals surface area contributed by atoms with Crippen LogP contribution in [0.4, 0.5) is 11.6 Å². The summed E-state index contributed by atoms with van der Waals surface area (Å²) >= 11 is 0. The normalized spacial score (nSPS) is 10.8. The maximum atomic E-state index is 9.77. The van der Waals surface area contributed by atoms with Gasteiger partial charge in [-0.2, -0.15) is 0 Å². The molecule has 106 valence electrons. The van der Waals surface area contributed by atoms with E-state index >= 15 is 0 Å². The minimum Gasteiger partial charge on any atom is -0.508 e. The van der Waals surface area contributed by atoms with Crippen LogP contribution >= 0.6 is 0 Å². The molecule has 0 amide bonds. The second-order valence-corrected chi connectivity index (χ2v) is 5.15. The van der Waals surface area contributed by atoms with Gasteiger partial charge in [0.25, 0.3) is 0 Å². The van der Waals surface area contributed by atoms with Gasteiger partial charge < -0.3 is 16.2 Å². The van der Waals surface area contributed by atoms with Gasteiger partial charge in [0, 0.05) is 29.2 Å². The number of aryl methyl sites for hydroxylation is 1. The van der Waals surface area contributed by atoms with Crippen molar-refractivity contribution in [3.8, 4) is 5.75 Å². The molecule has 20 heavy (non-hydrogen) atoms. The first-order chi connectivity index (χ1) is 9.45. The Morgan fingerprint density at radius 2 is 2.00 bits per heavy atom. The van der Waals surface area contributed by atoms with Crippen LogP contribution in [0.2, 0.25) is 0 Å². The largest absolute Gasteiger partial charge is 0.508 e. The zero-order chi connectivity index (χ0) is 14.7. The molecule has 2 rings (SSSR count). The quantitative estimate of drug-likeness (QED) is 0.588. The summed E-state index contributed by atoms with van der Waals surface area (Å²) in [6.45, 7) is 6.55. The highest BCUT2D eigenvalue weighted by Gasteiger charge is 2.07. The molecular formula is C15H20N4O. The molecule has 5 heteroatoms. The van der Waals surface area contributed by atoms with Gasteiger partial charge in [-0.1, -0.05) is 13.8 Å². The number of benzene rings is 1. The molecule has 5 nitrogen and oxygen atoms in total. The first-order valence-corrected chi connectivity index (χ1v) is 6.62. The zero-order valence-corrected chi connectivity index (χ0v) is 12.0. The van der Waals surface area contributed by atoms with E-state index in [0.29, 0.717) is 24.1 Å². The fourth-order valence-corrected chi connectivity index (χ4v) is 1.89. The summed E-state index contributed by atoms with van der Waals surface area (Å²) in [7, 11) is 0. The lowest BCUT2D eigenvalue weighted by atomic mass is 10.1. The second-order valence-electron chi connectivity index (χ2n) is 5.15. The van der Waals surface area contributed by atoms with Crippen molar-refractivity contribution in [2.45, 2.75) is 33.2 Å². The van der Waals surface area contributed by atoms with Crippen LogP contribution in [0.1, 0.15) is 36.7 Å². The number of phenols is 1. The Balaban J connectivity index is 2.16. The van der Waals surface area contributed by atoms with Crippen LogP contribution in [-0.4, -0.2) is 15.1 Å². The monoisotopic (exact) mass is 272 g/mol. The number of hydrogen-bond donors (Lipinski definition) is 3. The third-order valence-electron chi connectivity index (χ3n) is 3.01. The van der Waals surface area contributed by atoms with E-state index in [9.17, 15) is 5.11 Å². The predicted molar refractivity (Wildman–Crippen MR) is 80.7 cm³/mol. The van der Waals surface area contributed by atoms with Crippen LogP contribution in [0, 0.1) is 6.92 Å². The van der Waals surface area contributed by atoms with Crippen LogP contribution < -0.4 is 11.1 Å². The number of hydrogen-bond acceptors (Lipinski definition) is 5. The molecule has 0 saturated heterocycles. The lowest BCUT2D eigenvalue weighted by Gasteiger charge is -2.11. The lowest BCUT2D eigenvalue weighted by Crippen LogP contribution is -2.07. The predicted octanol–water partition coefficient (Wildman–Crippen LogP) is 2.81. The standard InChI is InChI=1S/C15H20N4O/c1-9(2)13-6-10(3)18-15(19-13)17-8-11-7-12(16)4-5-14(11)20/h4-7,9,20H,8,16H2,1-3H3,(H,17,18,19). The first-order valence-electron chi connectivity index (χ1n) is 6.62. The molecule has 2 aromatic rings. The van der Waals surface area contributed by atoms with E-state index in [1.807, 2.05) is 13.0 Å². The van der Waals surface area contributed by atoms with Gasteiger partial charge in [-0.3, -0.25) is 0 Å². The summed E-state index contributed by atoms with van der Waals surface area (Å²) in [6, 6.07) is 6.97. The highest BCUT2D eigenvalue weighted by atomic mass is 16.3. The topological polar surface area (TPSA) is 84.1 Å². The van der Waals surface area contributed by atoms with E-state index in [4.69, 9.17) is 5.73 Å². The van der Waals surface area contributed by atoms with Gasteiger partial charge in [-0.25, -0.2) is 9.97 Å². The molecule has 4 N–H and O–H groups in total. The molecule has 0 bridgehead atoms. The van der Waals surface area contributed by atoms with Gasteiger partial charge in [-0.15, -0.1) is 0 Å². The van der Waals surface area contributed by atoms with Crippen LogP contribution in [0.3, 0.4) is 0 Å². The molecule has 1 heterocycles. The minimum absolute atomic E-state index is 0.212. The molecule has 0 fully saturated rings. The van der Waals surface area contributed by atoms with E-state index in [0.717, 1.165) is 17.0 Å². The van der Waals surface area contributed by atoms with Gasteiger partial charge in [0.1, 0.15) is 5.75 Å². The van der Waals surface area contributed by atoms with Crippen LogP contribution in [-0.2, 0) is 6.54 Å². The Kier molecular flexibility index (Phi) is 4.08. The minimum atomic E-state index is 0.212. The summed E-state index contributed by atoms with van der Waals surface area (Å²) in [5.74, 6) is 1.12. The van der Waals surface area contributed by atoms with Crippen molar-refractivity contribution < 1.29 is 5.11 Å². The van der Waals surface area contributed by atoms with Crippen LogP contribution in [0.15, 0.2) is 24.3 Å². The van der Waals surface area contributed by atoms with E-state index < -0.39 is 0 Å². The SMILES string of the molecule is Cc1cc(C(C)C)nc(NCc2cc(N)ccc2O)n1. The Bertz CT molecular complexity index is 611. The highest BCUT2D eigenvalue weighted by molar-refractivity contribution is 5.48. The Labute approximate surface area is 118 Å². The summed E-state index contributed by atoms with van der Waals surface area (Å²) in [5.41, 5.74) is 8.97. The van der Waals surface area contributed by atoms with Crippen molar-refractivity contribution in [2.24, 2.45) is 0 Å². The average molecular weight is 272 g/mol. The summed E-state index contributed by atoms with van der Waals surface area (Å²) in [6.07, 6.45) is 0. The maximum absolute atomic E-state index is 9.77. The highest BCUT2D eigenvalue weighted by Crippen LogP contribution is 2.21. The van der Waals surface area contributed by atoms with Crippen molar-refractivity contribution in [3.05, 3.63) is 41.2 Å². The molecule has 1 aromatic heterocycles. The molecular weight excluding hydrogens is 252 g/mol. The molecule has 0 aliphatic carbocycles. The van der Waals surface area contributed by atoms with Crippen molar-refractivity contribution in [2.75, 3.05) is 11.1 Å². The summed E-state index contributed by atoms with van der Waals surface area (Å²) < 4.78 is 0. The molecule has 0 unspecified atom stereocenters. The van der Waals surface area contributed by atoms with Crippen molar-refractivity contribution in [1.82, 2.24) is 9.97 Å². The molecule has 0 radical (unpaired) electrons. The number of phenolic OH excluding ortho intramolecular Hbond substituents is 1. The number of nitrogens with zero attached hydrogens (tertiary/aromatic N) is 2. The Morgan fingerprint density at radius 3 is 2.70 bits per heavy atom. The third-order valence-corrected chi connectivity index (χ3v) is 3.01. The fourth-order valence-electron chi connectivity index (χ4n) is 1.89. The van der Waals surface area contributed by atoms with Crippen molar-refractivity contribution in [3.63, 3.8) is 0 Å². The molecule has 0 atom stereocenters. The maximum Gasteiger partial charge on any atom is 0.223 e. The molecule has 0 aliphatic rings. The number of nitrogen functional groups attached to an aromatic ring is 1. The Morgan fingerprint density at radius 1 is 1.25 bits per heavy atom. The van der Waals surface area contributed by atoms with Crippen molar-refractivity contribution in [1.29, 1.82) is 0 Å². The zero-order valence-electron chi connectivity index (χ0n) is 12.0. The van der Waals surface area contributed by atoms with Crippen LogP contribution in [0.25, 0.3) is 0 Å². The van der Waals surface area contributed by atoms with Gasteiger partial charge in [0.05, 0.1) is 0 Å². The third kappa shape index (κ3) is 3.38. The number of nitrogens with one attached hydrogen (secondary N) is 1. The van der Waals surface area contributed by atoms with E-state index in [-0.39, 0.29) is 5.75 Å². The Hall–Kier alpha value is -2.30. The second kappa shape index (κ2) is 5.77. The number of rotatable bonds is 4. The van der Waals surface area contributed by atoms with Gasteiger partial charge in [-0.05, 0) is 37.1 Å². The van der Waals surface area contributed by atoms with Gasteiger partial charge >= 0.3 is 0 Å². The van der Waals surface area contributed by atoms with Gasteiger partial charge in [0.15, 0.2) is 0 Å². The molecule has 0 aliphatic heterocycles. The summed E-state index contributed by atoms with van der Waals surface area (Å²) in [4.78, 5) is 8.81. The number of aromatic nitrogens is 2. The van der Waals surface area contributed by atoms with E-state index in [1.165, 1.54) is 0 Å². The molecule has 0 saturated carbocycles. The van der Waals surface area contributed by atoms with Crippen molar-refractivity contribution >= 4 is 11.6 Å². The van der Waals surface area contributed by atoms with E-state index in [2.05, 4.69) is 29.1 Å². The summed E-state index contributed by atoms with van der Waals surface area (Å²) in [5, 5.41) is 12.9. The number of nitrogens with two attached hydrogens (primary N) is 1. The number of anilines is 2. The van der Waals surface area contributed by atoms with Gasteiger partial charge in [0.2, 0.25) is 5.95 Å². The molecule has 1 aromatic carbocycles. The first kappa shape index (κ1) is 14.1. The number of aromatic hydroxyl groups is 1. The fraction of sp³-hybridized carbons (Fsp3) is 0.333. The van der Waals surface area contributed by atoms with E-state index in [1.54, 1.807) is 18.2 Å².